The first-order valence-corrected chi connectivity index (χ1v) is 5.68. The number of ether oxygens (including phenoxy) is 1. The van der Waals surface area contributed by atoms with E-state index >= 15 is 0 Å². The molecular formula is C12H19ClN2O. The monoisotopic (exact) mass is 242 g/mol. The minimum atomic E-state index is -0.0625. The molecular weight excluding hydrogens is 224 g/mol. The first-order valence-electron chi connectivity index (χ1n) is 5.30. The second-order valence-corrected chi connectivity index (χ2v) is 4.80. The number of anilines is 1. The van der Waals surface area contributed by atoms with Gasteiger partial charge in [-0.15, -0.1) is 0 Å². The van der Waals surface area contributed by atoms with E-state index in [0.29, 0.717) is 11.6 Å². The van der Waals surface area contributed by atoms with E-state index < -0.39 is 0 Å². The van der Waals surface area contributed by atoms with Crippen molar-refractivity contribution < 1.29 is 4.74 Å². The quantitative estimate of drug-likeness (QED) is 0.835. The van der Waals surface area contributed by atoms with Gasteiger partial charge in [0.1, 0.15) is 5.75 Å². The summed E-state index contributed by atoms with van der Waals surface area (Å²) in [5.74, 6) is 0.757. The van der Waals surface area contributed by atoms with Crippen LogP contribution in [0.25, 0.3) is 0 Å². The second-order valence-electron chi connectivity index (χ2n) is 4.39. The summed E-state index contributed by atoms with van der Waals surface area (Å²) in [5.41, 5.74) is 6.40. The molecule has 0 aromatic heterocycles. The van der Waals surface area contributed by atoms with Crippen molar-refractivity contribution in [2.24, 2.45) is 5.73 Å². The molecule has 4 heteroatoms. The summed E-state index contributed by atoms with van der Waals surface area (Å²) in [7, 11) is 1.62. The fraction of sp³-hybridized carbons (Fsp3) is 0.500. The van der Waals surface area contributed by atoms with Crippen molar-refractivity contribution in [3.05, 3.63) is 23.2 Å². The van der Waals surface area contributed by atoms with Gasteiger partial charge in [0.15, 0.2) is 0 Å². The lowest BCUT2D eigenvalue weighted by Crippen LogP contribution is -2.33. The predicted octanol–water partition coefficient (Wildman–Crippen LogP) is 2.89. The molecule has 0 bridgehead atoms. The summed E-state index contributed by atoms with van der Waals surface area (Å²) >= 11 is 6.14. The first-order chi connectivity index (χ1) is 7.48. The van der Waals surface area contributed by atoms with Crippen LogP contribution < -0.4 is 15.8 Å². The summed E-state index contributed by atoms with van der Waals surface area (Å²) < 4.78 is 5.10. The van der Waals surface area contributed by atoms with Gasteiger partial charge in [0, 0.05) is 11.6 Å². The molecule has 0 saturated carbocycles. The highest BCUT2D eigenvalue weighted by atomic mass is 35.5. The molecule has 0 atom stereocenters. The van der Waals surface area contributed by atoms with Gasteiger partial charge in [-0.3, -0.25) is 0 Å². The van der Waals surface area contributed by atoms with E-state index in [1.165, 1.54) is 0 Å². The van der Waals surface area contributed by atoms with E-state index in [4.69, 9.17) is 22.1 Å². The summed E-state index contributed by atoms with van der Waals surface area (Å²) in [6.07, 6.45) is 0.884. The third-order valence-electron chi connectivity index (χ3n) is 2.42. The third kappa shape index (κ3) is 3.58. The van der Waals surface area contributed by atoms with E-state index in [2.05, 4.69) is 19.2 Å². The van der Waals surface area contributed by atoms with Crippen LogP contribution >= 0.6 is 11.6 Å². The van der Waals surface area contributed by atoms with Gasteiger partial charge in [0.05, 0.1) is 17.8 Å². The maximum absolute atomic E-state index is 6.14. The van der Waals surface area contributed by atoms with Crippen LogP contribution in [0, 0.1) is 0 Å². The molecule has 0 radical (unpaired) electrons. The minimum absolute atomic E-state index is 0.0625. The molecule has 1 rings (SSSR count). The van der Waals surface area contributed by atoms with Crippen LogP contribution in [-0.2, 0) is 0 Å². The molecule has 1 aromatic rings. The lowest BCUT2D eigenvalue weighted by molar-refractivity contribution is 0.415. The molecule has 0 aliphatic rings. The number of methoxy groups -OCH3 is 1. The minimum Gasteiger partial charge on any atom is -0.497 e. The zero-order valence-electron chi connectivity index (χ0n) is 10.0. The van der Waals surface area contributed by atoms with Gasteiger partial charge in [-0.25, -0.2) is 0 Å². The number of rotatable bonds is 5. The molecule has 0 aliphatic carbocycles. The summed E-state index contributed by atoms with van der Waals surface area (Å²) in [6.45, 7) is 4.84. The Labute approximate surface area is 102 Å². The average molecular weight is 243 g/mol. The molecule has 16 heavy (non-hydrogen) atoms. The molecule has 0 aliphatic heterocycles. The fourth-order valence-corrected chi connectivity index (χ4v) is 1.73. The largest absolute Gasteiger partial charge is 0.497 e. The van der Waals surface area contributed by atoms with Gasteiger partial charge in [-0.1, -0.05) is 11.6 Å². The Balaban J connectivity index is 2.81. The smallest absolute Gasteiger partial charge is 0.120 e. The third-order valence-corrected chi connectivity index (χ3v) is 2.73. The van der Waals surface area contributed by atoms with E-state index in [1.807, 2.05) is 12.1 Å². The number of halogens is 1. The maximum Gasteiger partial charge on any atom is 0.120 e. The Morgan fingerprint density at radius 3 is 2.62 bits per heavy atom. The Morgan fingerprint density at radius 1 is 1.44 bits per heavy atom. The van der Waals surface area contributed by atoms with E-state index in [9.17, 15) is 0 Å². The van der Waals surface area contributed by atoms with E-state index in [-0.39, 0.29) is 5.54 Å². The molecule has 0 unspecified atom stereocenters. The molecule has 0 spiro atoms. The van der Waals surface area contributed by atoms with Crippen LogP contribution in [0.2, 0.25) is 5.02 Å². The van der Waals surface area contributed by atoms with Gasteiger partial charge in [-0.2, -0.15) is 0 Å². The number of nitrogens with two attached hydrogens (primary N) is 1. The van der Waals surface area contributed by atoms with Gasteiger partial charge in [0.2, 0.25) is 0 Å². The molecule has 1 aromatic carbocycles. The summed E-state index contributed by atoms with van der Waals surface area (Å²) in [4.78, 5) is 0. The van der Waals surface area contributed by atoms with Gasteiger partial charge in [0.25, 0.3) is 0 Å². The predicted molar refractivity (Wildman–Crippen MR) is 69.4 cm³/mol. The van der Waals surface area contributed by atoms with Crippen molar-refractivity contribution in [1.82, 2.24) is 0 Å². The number of benzene rings is 1. The van der Waals surface area contributed by atoms with Crippen LogP contribution in [-0.4, -0.2) is 19.2 Å². The molecule has 0 heterocycles. The zero-order valence-corrected chi connectivity index (χ0v) is 10.8. The molecule has 90 valence electrons. The highest BCUT2D eigenvalue weighted by Gasteiger charge is 2.17. The van der Waals surface area contributed by atoms with E-state index in [1.54, 1.807) is 13.2 Å². The molecule has 0 fully saturated rings. The standard InChI is InChI=1S/C12H19ClN2O/c1-12(2,6-7-14)15-11-5-4-9(16-3)8-10(11)13/h4-5,8,15H,6-7,14H2,1-3H3. The SMILES string of the molecule is COc1ccc(NC(C)(C)CCN)c(Cl)c1. The van der Waals surface area contributed by atoms with E-state index in [0.717, 1.165) is 17.9 Å². The van der Waals surface area contributed by atoms with Crippen molar-refractivity contribution in [2.45, 2.75) is 25.8 Å². The molecule has 3 nitrogen and oxygen atoms in total. The Hall–Kier alpha value is -0.930. The summed E-state index contributed by atoms with van der Waals surface area (Å²) in [6, 6.07) is 5.59. The number of hydrogen-bond acceptors (Lipinski definition) is 3. The number of hydrogen-bond donors (Lipinski definition) is 2. The molecule has 0 amide bonds. The maximum atomic E-state index is 6.14. The van der Waals surface area contributed by atoms with Crippen LogP contribution in [0.1, 0.15) is 20.3 Å². The van der Waals surface area contributed by atoms with Gasteiger partial charge in [-0.05, 0) is 38.9 Å². The Bertz CT molecular complexity index is 353. The van der Waals surface area contributed by atoms with Crippen molar-refractivity contribution >= 4 is 17.3 Å². The lowest BCUT2D eigenvalue weighted by atomic mass is 10.0. The second kappa shape index (κ2) is 5.41. The fourth-order valence-electron chi connectivity index (χ4n) is 1.51. The van der Waals surface area contributed by atoms with Crippen LogP contribution in [0.5, 0.6) is 5.75 Å². The molecule has 3 N–H and O–H groups in total. The highest BCUT2D eigenvalue weighted by Crippen LogP contribution is 2.29. The first kappa shape index (κ1) is 13.1. The Kier molecular flexibility index (Phi) is 4.44. The Morgan fingerprint density at radius 2 is 2.12 bits per heavy atom. The zero-order chi connectivity index (χ0) is 12.2. The van der Waals surface area contributed by atoms with Crippen LogP contribution in [0.3, 0.4) is 0 Å². The van der Waals surface area contributed by atoms with Crippen molar-refractivity contribution in [3.63, 3.8) is 0 Å². The lowest BCUT2D eigenvalue weighted by Gasteiger charge is -2.27. The normalized spacial score (nSPS) is 11.3. The van der Waals surface area contributed by atoms with Gasteiger partial charge < -0.3 is 15.8 Å². The van der Waals surface area contributed by atoms with Gasteiger partial charge >= 0.3 is 0 Å². The van der Waals surface area contributed by atoms with Crippen LogP contribution in [0.4, 0.5) is 5.69 Å². The summed E-state index contributed by atoms with van der Waals surface area (Å²) in [5, 5.41) is 4.03. The van der Waals surface area contributed by atoms with Crippen LogP contribution in [0.15, 0.2) is 18.2 Å². The van der Waals surface area contributed by atoms with Crippen molar-refractivity contribution in [1.29, 1.82) is 0 Å². The molecule has 0 saturated heterocycles. The van der Waals surface area contributed by atoms with Crippen molar-refractivity contribution in [3.8, 4) is 5.75 Å². The topological polar surface area (TPSA) is 47.3 Å². The highest BCUT2D eigenvalue weighted by molar-refractivity contribution is 6.33. The average Bonchev–Trinajstić information content (AvgIpc) is 2.20. The number of nitrogens with one attached hydrogen (secondary N) is 1. The van der Waals surface area contributed by atoms with Crippen molar-refractivity contribution in [2.75, 3.05) is 19.0 Å².